The van der Waals surface area contributed by atoms with Crippen molar-refractivity contribution in [3.63, 3.8) is 0 Å². The van der Waals surface area contributed by atoms with E-state index < -0.39 is 5.82 Å². The molecule has 1 atom stereocenters. The maximum atomic E-state index is 14.3. The minimum Gasteiger partial charge on any atom is -0.426 e. The maximum absolute atomic E-state index is 14.3. The van der Waals surface area contributed by atoms with Gasteiger partial charge >= 0.3 is 5.97 Å². The lowest BCUT2D eigenvalue weighted by atomic mass is 10.0. The number of anilines is 2. The van der Waals surface area contributed by atoms with Crippen LogP contribution in [0.5, 0.6) is 5.75 Å². The van der Waals surface area contributed by atoms with Crippen molar-refractivity contribution < 1.29 is 13.9 Å². The standard InChI is InChI=1S/C30H32ClFN4O2/c1-3-4-5-6-7-8-9-20(2)30(37)38-23-11-12-24-27(14-15-33-28(24)18-23)35-22-17-29(36-34-19-22)25-16-21(31)10-13-26(25)32/h10-20H,3-9H2,1-2H3,(H,33,35,36). The van der Waals surface area contributed by atoms with Crippen molar-refractivity contribution in [1.82, 2.24) is 15.2 Å². The predicted octanol–water partition coefficient (Wildman–Crippen LogP) is 8.52. The fraction of sp³-hybridized carbons (Fsp3) is 0.333. The Kier molecular flexibility index (Phi) is 9.60. The Labute approximate surface area is 227 Å². The number of hydrogen-bond donors (Lipinski definition) is 1. The molecule has 6 nitrogen and oxygen atoms in total. The summed E-state index contributed by atoms with van der Waals surface area (Å²) in [5, 5.41) is 12.6. The van der Waals surface area contributed by atoms with Crippen LogP contribution in [0.15, 0.2) is 60.9 Å². The highest BCUT2D eigenvalue weighted by Gasteiger charge is 2.16. The van der Waals surface area contributed by atoms with E-state index in [1.54, 1.807) is 30.6 Å². The monoisotopic (exact) mass is 534 g/mol. The minimum absolute atomic E-state index is 0.157. The van der Waals surface area contributed by atoms with Crippen LogP contribution in [-0.2, 0) is 4.79 Å². The third-order valence-corrected chi connectivity index (χ3v) is 6.70. The second-order valence-electron chi connectivity index (χ2n) is 9.49. The molecule has 4 rings (SSSR count). The molecule has 0 amide bonds. The van der Waals surface area contributed by atoms with Crippen molar-refractivity contribution in [2.45, 2.75) is 58.8 Å². The van der Waals surface area contributed by atoms with Gasteiger partial charge in [-0.15, -0.1) is 0 Å². The molecule has 0 saturated heterocycles. The summed E-state index contributed by atoms with van der Waals surface area (Å²) in [7, 11) is 0. The quantitative estimate of drug-likeness (QED) is 0.111. The number of halogens is 2. The van der Waals surface area contributed by atoms with Crippen molar-refractivity contribution in [2.75, 3.05) is 5.32 Å². The Balaban J connectivity index is 1.43. The van der Waals surface area contributed by atoms with Crippen molar-refractivity contribution in [3.05, 3.63) is 71.8 Å². The van der Waals surface area contributed by atoms with Gasteiger partial charge in [-0.3, -0.25) is 9.78 Å². The largest absolute Gasteiger partial charge is 0.426 e. The van der Waals surface area contributed by atoms with Gasteiger partial charge in [-0.25, -0.2) is 4.39 Å². The van der Waals surface area contributed by atoms with Gasteiger partial charge in [0, 0.05) is 33.9 Å². The van der Waals surface area contributed by atoms with E-state index in [9.17, 15) is 9.18 Å². The average Bonchev–Trinajstić information content (AvgIpc) is 2.92. The van der Waals surface area contributed by atoms with E-state index in [2.05, 4.69) is 27.4 Å². The van der Waals surface area contributed by atoms with Crippen LogP contribution in [0.1, 0.15) is 58.8 Å². The van der Waals surface area contributed by atoms with Crippen LogP contribution in [0.4, 0.5) is 15.8 Å². The lowest BCUT2D eigenvalue weighted by Crippen LogP contribution is -2.17. The number of esters is 1. The zero-order valence-electron chi connectivity index (χ0n) is 21.7. The second kappa shape index (κ2) is 13.3. The first-order valence-electron chi connectivity index (χ1n) is 13.1. The summed E-state index contributed by atoms with van der Waals surface area (Å²) in [5.74, 6) is -0.351. The fourth-order valence-corrected chi connectivity index (χ4v) is 4.45. The minimum atomic E-state index is -0.432. The van der Waals surface area contributed by atoms with E-state index >= 15 is 0 Å². The van der Waals surface area contributed by atoms with Crippen LogP contribution >= 0.6 is 11.6 Å². The third kappa shape index (κ3) is 7.25. The van der Waals surface area contributed by atoms with Gasteiger partial charge in [-0.1, -0.05) is 64.0 Å². The molecule has 0 aliphatic heterocycles. The summed E-state index contributed by atoms with van der Waals surface area (Å²) in [6.07, 6.45) is 11.2. The van der Waals surface area contributed by atoms with E-state index in [4.69, 9.17) is 16.3 Å². The molecular formula is C30H32ClFN4O2. The topological polar surface area (TPSA) is 77.0 Å². The highest BCUT2D eigenvalue weighted by atomic mass is 35.5. The number of unbranched alkanes of at least 4 members (excludes halogenated alkanes) is 5. The van der Waals surface area contributed by atoms with E-state index in [1.807, 2.05) is 19.1 Å². The van der Waals surface area contributed by atoms with Gasteiger partial charge in [0.2, 0.25) is 0 Å². The van der Waals surface area contributed by atoms with Crippen LogP contribution in [0.2, 0.25) is 5.02 Å². The molecule has 8 heteroatoms. The molecule has 0 aliphatic rings. The Morgan fingerprint density at radius 3 is 2.71 bits per heavy atom. The molecule has 2 heterocycles. The molecule has 2 aromatic heterocycles. The van der Waals surface area contributed by atoms with E-state index in [-0.39, 0.29) is 17.5 Å². The first kappa shape index (κ1) is 27.5. The molecule has 0 fully saturated rings. The number of fused-ring (bicyclic) bond motifs is 1. The number of nitrogens with zero attached hydrogens (tertiary/aromatic N) is 3. The zero-order chi connectivity index (χ0) is 26.9. The molecule has 198 valence electrons. The average molecular weight is 535 g/mol. The Morgan fingerprint density at radius 2 is 1.87 bits per heavy atom. The summed E-state index contributed by atoms with van der Waals surface area (Å²) >= 11 is 6.04. The van der Waals surface area contributed by atoms with Crippen LogP contribution in [-0.4, -0.2) is 21.2 Å². The van der Waals surface area contributed by atoms with Crippen LogP contribution in [0, 0.1) is 11.7 Å². The first-order valence-corrected chi connectivity index (χ1v) is 13.5. The third-order valence-electron chi connectivity index (χ3n) is 6.46. The van der Waals surface area contributed by atoms with Gasteiger partial charge in [0.25, 0.3) is 0 Å². The molecular weight excluding hydrogens is 503 g/mol. The summed E-state index contributed by atoms with van der Waals surface area (Å²) in [6, 6.07) is 13.2. The summed E-state index contributed by atoms with van der Waals surface area (Å²) in [5.41, 5.74) is 2.70. The van der Waals surface area contributed by atoms with Gasteiger partial charge < -0.3 is 10.1 Å². The number of pyridine rings is 1. The highest BCUT2D eigenvalue weighted by Crippen LogP contribution is 2.30. The van der Waals surface area contributed by atoms with Gasteiger partial charge in [0.05, 0.1) is 29.0 Å². The molecule has 1 unspecified atom stereocenters. The van der Waals surface area contributed by atoms with Crippen molar-refractivity contribution in [2.24, 2.45) is 5.92 Å². The van der Waals surface area contributed by atoms with Crippen molar-refractivity contribution in [3.8, 4) is 17.0 Å². The molecule has 2 aromatic carbocycles. The SMILES string of the molecule is CCCCCCCCC(C)C(=O)Oc1ccc2c(Nc3cnnc(-c4cc(Cl)ccc4F)c3)ccnc2c1. The molecule has 0 aliphatic carbocycles. The second-order valence-corrected chi connectivity index (χ2v) is 9.93. The first-order chi connectivity index (χ1) is 18.4. The van der Waals surface area contributed by atoms with E-state index in [0.717, 1.165) is 30.3 Å². The molecule has 0 saturated carbocycles. The van der Waals surface area contributed by atoms with Crippen LogP contribution < -0.4 is 10.1 Å². The fourth-order valence-electron chi connectivity index (χ4n) is 4.28. The molecule has 0 spiro atoms. The molecule has 0 bridgehead atoms. The van der Waals surface area contributed by atoms with Gasteiger partial charge in [-0.05, 0) is 48.9 Å². The smallest absolute Gasteiger partial charge is 0.314 e. The lowest BCUT2D eigenvalue weighted by molar-refractivity contribution is -0.138. The van der Waals surface area contributed by atoms with E-state index in [1.165, 1.54) is 43.9 Å². The van der Waals surface area contributed by atoms with Crippen molar-refractivity contribution >= 4 is 39.8 Å². The summed E-state index contributed by atoms with van der Waals surface area (Å²) < 4.78 is 20.0. The number of rotatable bonds is 12. The zero-order valence-corrected chi connectivity index (χ0v) is 22.5. The molecule has 1 N–H and O–H groups in total. The van der Waals surface area contributed by atoms with Gasteiger partial charge in [-0.2, -0.15) is 10.2 Å². The lowest BCUT2D eigenvalue weighted by Gasteiger charge is -2.13. The van der Waals surface area contributed by atoms with Gasteiger partial charge in [0.1, 0.15) is 11.6 Å². The Bertz CT molecular complexity index is 1400. The predicted molar refractivity (Wildman–Crippen MR) is 150 cm³/mol. The molecule has 0 radical (unpaired) electrons. The Morgan fingerprint density at radius 1 is 1.05 bits per heavy atom. The van der Waals surface area contributed by atoms with Crippen molar-refractivity contribution in [1.29, 1.82) is 0 Å². The number of carbonyl (C=O) groups excluding carboxylic acids is 1. The number of ether oxygens (including phenoxy) is 1. The number of benzene rings is 2. The molecule has 38 heavy (non-hydrogen) atoms. The van der Waals surface area contributed by atoms with Gasteiger partial charge in [0.15, 0.2) is 0 Å². The normalized spacial score (nSPS) is 11.9. The van der Waals surface area contributed by atoms with E-state index in [0.29, 0.717) is 27.7 Å². The number of hydrogen-bond acceptors (Lipinski definition) is 6. The molecule has 4 aromatic rings. The maximum Gasteiger partial charge on any atom is 0.314 e. The summed E-state index contributed by atoms with van der Waals surface area (Å²) in [4.78, 5) is 17.1. The Hall–Kier alpha value is -3.58. The van der Waals surface area contributed by atoms with Crippen LogP contribution in [0.3, 0.4) is 0 Å². The number of aromatic nitrogens is 3. The number of carbonyl (C=O) groups is 1. The number of nitrogens with one attached hydrogen (secondary N) is 1. The van der Waals surface area contributed by atoms with Crippen LogP contribution in [0.25, 0.3) is 22.2 Å². The highest BCUT2D eigenvalue weighted by molar-refractivity contribution is 6.30. The summed E-state index contributed by atoms with van der Waals surface area (Å²) in [6.45, 7) is 4.12.